The Bertz CT molecular complexity index is 458. The van der Waals surface area contributed by atoms with Crippen LogP contribution < -0.4 is 0 Å². The molecular formula is C13H18O9. The van der Waals surface area contributed by atoms with E-state index in [2.05, 4.69) is 14.2 Å². The monoisotopic (exact) mass is 318 g/mol. The van der Waals surface area contributed by atoms with Crippen LogP contribution in [0.4, 0.5) is 0 Å². The van der Waals surface area contributed by atoms with Gasteiger partial charge in [0.2, 0.25) is 0 Å². The van der Waals surface area contributed by atoms with Crippen LogP contribution in [0.5, 0.6) is 0 Å². The Hall–Kier alpha value is -2.16. The normalized spacial score (nSPS) is 23.9. The largest absolute Gasteiger partial charge is 0.469 e. The summed E-state index contributed by atoms with van der Waals surface area (Å²) in [6, 6.07) is 0. The van der Waals surface area contributed by atoms with Crippen molar-refractivity contribution in [2.45, 2.75) is 25.6 Å². The van der Waals surface area contributed by atoms with Gasteiger partial charge in [-0.25, -0.2) is 9.59 Å². The number of hydrogen-bond acceptors (Lipinski definition) is 9. The molecule has 1 aliphatic rings. The number of aliphatic hydroxyl groups excluding tert-OH is 1. The number of carbonyl (C=O) groups excluding carboxylic acids is 4. The summed E-state index contributed by atoms with van der Waals surface area (Å²) in [5.74, 6) is -5.66. The van der Waals surface area contributed by atoms with Crippen molar-refractivity contribution < 1.29 is 43.2 Å². The Morgan fingerprint density at radius 3 is 2.23 bits per heavy atom. The topological polar surface area (TPSA) is 125 Å². The fraction of sp³-hybridized carbons (Fsp3) is 0.692. The molecule has 0 aromatic carbocycles. The van der Waals surface area contributed by atoms with Crippen molar-refractivity contribution in [1.82, 2.24) is 0 Å². The molecule has 0 aliphatic heterocycles. The fourth-order valence-corrected chi connectivity index (χ4v) is 2.12. The molecule has 4 atom stereocenters. The van der Waals surface area contributed by atoms with Crippen molar-refractivity contribution in [3.63, 3.8) is 0 Å². The third-order valence-electron chi connectivity index (χ3n) is 3.20. The van der Waals surface area contributed by atoms with E-state index in [1.807, 2.05) is 0 Å². The second-order valence-electron chi connectivity index (χ2n) is 4.56. The minimum atomic E-state index is -1.28. The maximum atomic E-state index is 11.6. The van der Waals surface area contributed by atoms with Gasteiger partial charge in [0.05, 0.1) is 33.4 Å². The molecular weight excluding hydrogens is 300 g/mol. The maximum Gasteiger partial charge on any atom is 0.417 e. The number of aliphatic hydroxyl groups is 1. The molecule has 0 amide bonds. The molecule has 1 fully saturated rings. The Labute approximate surface area is 126 Å². The van der Waals surface area contributed by atoms with E-state index in [0.717, 1.165) is 14.2 Å². The van der Waals surface area contributed by atoms with Crippen LogP contribution in [0.3, 0.4) is 0 Å². The van der Waals surface area contributed by atoms with E-state index in [1.54, 1.807) is 6.92 Å². The molecule has 1 N–H and O–H groups in total. The van der Waals surface area contributed by atoms with Crippen LogP contribution in [-0.2, 0) is 38.1 Å². The van der Waals surface area contributed by atoms with Gasteiger partial charge in [-0.2, -0.15) is 0 Å². The first-order valence-corrected chi connectivity index (χ1v) is 6.57. The molecule has 1 aliphatic carbocycles. The molecule has 0 radical (unpaired) electrons. The maximum absolute atomic E-state index is 11.6. The highest BCUT2D eigenvalue weighted by Gasteiger charge is 2.62. The first-order valence-electron chi connectivity index (χ1n) is 6.57. The molecule has 0 saturated heterocycles. The Balaban J connectivity index is 2.69. The van der Waals surface area contributed by atoms with Gasteiger partial charge in [0.1, 0.15) is 12.0 Å². The average molecular weight is 318 g/mol. The molecule has 9 nitrogen and oxygen atoms in total. The van der Waals surface area contributed by atoms with E-state index < -0.39 is 47.9 Å². The number of ether oxygens (including phenoxy) is 4. The van der Waals surface area contributed by atoms with Gasteiger partial charge in [0, 0.05) is 5.92 Å². The minimum Gasteiger partial charge on any atom is -0.469 e. The van der Waals surface area contributed by atoms with Gasteiger partial charge in [-0.05, 0) is 6.92 Å². The van der Waals surface area contributed by atoms with E-state index >= 15 is 0 Å². The standard InChI is InChI=1S/C13H18O9/c1-4-21-7(15)5-6(14)8-9(11(16)19-2)10(8)22-13(18)12(17)20-3/h6,8-10,14H,4-5H2,1-3H3/t6-,8-,9-,10-/m1/s1. The summed E-state index contributed by atoms with van der Waals surface area (Å²) in [4.78, 5) is 45.3. The lowest BCUT2D eigenvalue weighted by molar-refractivity contribution is -0.168. The minimum absolute atomic E-state index is 0.150. The molecule has 1 rings (SSSR count). The van der Waals surface area contributed by atoms with Gasteiger partial charge in [-0.1, -0.05) is 0 Å². The Kier molecular flexibility index (Phi) is 6.29. The summed E-state index contributed by atoms with van der Waals surface area (Å²) in [5, 5.41) is 9.96. The predicted molar refractivity (Wildman–Crippen MR) is 68.1 cm³/mol. The van der Waals surface area contributed by atoms with Gasteiger partial charge < -0.3 is 24.1 Å². The number of rotatable bonds is 6. The van der Waals surface area contributed by atoms with Crippen LogP contribution in [0, 0.1) is 11.8 Å². The van der Waals surface area contributed by atoms with E-state index in [9.17, 15) is 24.3 Å². The third kappa shape index (κ3) is 4.17. The molecule has 0 heterocycles. The van der Waals surface area contributed by atoms with Crippen LogP contribution in [-0.4, -0.2) is 62.0 Å². The van der Waals surface area contributed by atoms with Crippen LogP contribution >= 0.6 is 0 Å². The molecule has 0 spiro atoms. The van der Waals surface area contributed by atoms with E-state index in [1.165, 1.54) is 0 Å². The summed E-state index contributed by atoms with van der Waals surface area (Å²) in [7, 11) is 2.13. The summed E-state index contributed by atoms with van der Waals surface area (Å²) in [6.07, 6.45) is -2.68. The summed E-state index contributed by atoms with van der Waals surface area (Å²) in [6.45, 7) is 1.76. The molecule has 0 aromatic heterocycles. The van der Waals surface area contributed by atoms with Crippen molar-refractivity contribution in [2.24, 2.45) is 11.8 Å². The van der Waals surface area contributed by atoms with E-state index in [0.29, 0.717) is 0 Å². The predicted octanol–water partition coefficient (Wildman–Crippen LogP) is -1.20. The van der Waals surface area contributed by atoms with Crippen LogP contribution in [0.1, 0.15) is 13.3 Å². The van der Waals surface area contributed by atoms with E-state index in [-0.39, 0.29) is 13.0 Å². The molecule has 9 heteroatoms. The van der Waals surface area contributed by atoms with Crippen molar-refractivity contribution in [2.75, 3.05) is 20.8 Å². The van der Waals surface area contributed by atoms with Crippen LogP contribution in [0.15, 0.2) is 0 Å². The summed E-state index contributed by atoms with van der Waals surface area (Å²) in [5.41, 5.74) is 0. The van der Waals surface area contributed by atoms with Crippen molar-refractivity contribution in [3.05, 3.63) is 0 Å². The third-order valence-corrected chi connectivity index (χ3v) is 3.20. The van der Waals surface area contributed by atoms with Crippen LogP contribution in [0.2, 0.25) is 0 Å². The number of carbonyl (C=O) groups is 4. The quantitative estimate of drug-likeness (QED) is 0.365. The van der Waals surface area contributed by atoms with Gasteiger partial charge in [0.15, 0.2) is 0 Å². The second kappa shape index (κ2) is 7.74. The number of hydrogen-bond donors (Lipinski definition) is 1. The molecule has 0 aromatic rings. The van der Waals surface area contributed by atoms with Gasteiger partial charge in [-0.3, -0.25) is 9.59 Å². The highest BCUT2D eigenvalue weighted by atomic mass is 16.6. The molecule has 0 unspecified atom stereocenters. The van der Waals surface area contributed by atoms with Crippen molar-refractivity contribution in [1.29, 1.82) is 0 Å². The highest BCUT2D eigenvalue weighted by molar-refractivity contribution is 6.29. The van der Waals surface area contributed by atoms with Gasteiger partial charge in [-0.15, -0.1) is 0 Å². The smallest absolute Gasteiger partial charge is 0.417 e. The first-order chi connectivity index (χ1) is 10.4. The lowest BCUT2D eigenvalue weighted by atomic mass is 10.1. The Morgan fingerprint density at radius 1 is 1.09 bits per heavy atom. The zero-order chi connectivity index (χ0) is 16.9. The molecule has 0 bridgehead atoms. The van der Waals surface area contributed by atoms with Gasteiger partial charge >= 0.3 is 23.9 Å². The summed E-state index contributed by atoms with van der Waals surface area (Å²) < 4.78 is 18.2. The SMILES string of the molecule is CCOC(=O)C[C@@H](O)[C@H]1[C@@H](OC(=O)C(=O)OC)[C@@H]1C(=O)OC. The summed E-state index contributed by atoms with van der Waals surface area (Å²) >= 11 is 0. The second-order valence-corrected chi connectivity index (χ2v) is 4.56. The molecule has 124 valence electrons. The average Bonchev–Trinajstić information content (AvgIpc) is 3.19. The molecule has 22 heavy (non-hydrogen) atoms. The lowest BCUT2D eigenvalue weighted by Gasteiger charge is -2.09. The van der Waals surface area contributed by atoms with Crippen molar-refractivity contribution >= 4 is 23.9 Å². The lowest BCUT2D eigenvalue weighted by Crippen LogP contribution is -2.23. The first kappa shape index (κ1) is 17.9. The van der Waals surface area contributed by atoms with Crippen LogP contribution in [0.25, 0.3) is 0 Å². The highest BCUT2D eigenvalue weighted by Crippen LogP contribution is 2.46. The van der Waals surface area contributed by atoms with E-state index in [4.69, 9.17) is 4.74 Å². The van der Waals surface area contributed by atoms with Gasteiger partial charge in [0.25, 0.3) is 0 Å². The Morgan fingerprint density at radius 2 is 1.73 bits per heavy atom. The zero-order valence-electron chi connectivity index (χ0n) is 12.4. The number of methoxy groups -OCH3 is 2. The van der Waals surface area contributed by atoms with Crippen molar-refractivity contribution in [3.8, 4) is 0 Å². The zero-order valence-corrected chi connectivity index (χ0v) is 12.4. The molecule has 1 saturated carbocycles. The number of esters is 4. The fourth-order valence-electron chi connectivity index (χ4n) is 2.12.